The number of fused-ring (bicyclic) bond motifs is 2. The summed E-state index contributed by atoms with van der Waals surface area (Å²) >= 11 is 0. The van der Waals surface area contributed by atoms with Crippen LogP contribution in [-0.2, 0) is 0 Å². The number of ether oxygens (including phenoxy) is 1. The number of rotatable bonds is 3. The second-order valence-electron chi connectivity index (χ2n) is 5.01. The molecule has 0 aliphatic carbocycles. The van der Waals surface area contributed by atoms with Crippen molar-refractivity contribution in [3.05, 3.63) is 59.0 Å². The Morgan fingerprint density at radius 3 is 2.19 bits per heavy atom. The van der Waals surface area contributed by atoms with Gasteiger partial charge in [-0.1, -0.05) is 52.0 Å². The molecule has 0 amide bonds. The van der Waals surface area contributed by atoms with Gasteiger partial charge in [-0.15, -0.1) is 0 Å². The van der Waals surface area contributed by atoms with Gasteiger partial charge < -0.3 is 13.6 Å². The van der Waals surface area contributed by atoms with Gasteiger partial charge in [-0.3, -0.25) is 0 Å². The normalized spacial score (nSPS) is 9.96. The van der Waals surface area contributed by atoms with Gasteiger partial charge in [0, 0.05) is 0 Å². The molecule has 0 bridgehead atoms. The molecule has 2 heterocycles. The lowest BCUT2D eigenvalue weighted by molar-refractivity contribution is 0.341. The summed E-state index contributed by atoms with van der Waals surface area (Å²) in [6, 6.07) is 14.6. The highest BCUT2D eigenvalue weighted by Gasteiger charge is 2.22. The predicted molar refractivity (Wildman–Crippen MR) is 109 cm³/mol. The Balaban J connectivity index is 0.000000614. The van der Waals surface area contributed by atoms with E-state index in [2.05, 4.69) is 4.98 Å². The molecule has 0 unspecified atom stereocenters. The van der Waals surface area contributed by atoms with E-state index in [0.717, 1.165) is 0 Å². The third-order valence-electron chi connectivity index (χ3n) is 3.56. The van der Waals surface area contributed by atoms with E-state index in [-0.39, 0.29) is 11.5 Å². The third-order valence-corrected chi connectivity index (χ3v) is 3.56. The highest BCUT2D eigenvalue weighted by molar-refractivity contribution is 5.90. The average Bonchev–Trinajstić information content (AvgIpc) is 3.15. The molecule has 0 aliphatic rings. The number of hydrogen-bond donors (Lipinski definition) is 0. The fraction of sp³-hybridized carbons (Fsp3) is 0.273. The van der Waals surface area contributed by atoms with Crippen molar-refractivity contribution < 1.29 is 13.6 Å². The summed E-state index contributed by atoms with van der Waals surface area (Å²) in [6.45, 7) is 10.3. The van der Waals surface area contributed by atoms with Crippen LogP contribution in [0.25, 0.3) is 33.5 Å². The molecular formula is C22H25NO4. The van der Waals surface area contributed by atoms with Gasteiger partial charge in [0.25, 0.3) is 0 Å². The number of para-hydroxylation sites is 3. The summed E-state index contributed by atoms with van der Waals surface area (Å²) in [5.74, 6) is 0.639. The molecule has 0 fully saturated rings. The monoisotopic (exact) mass is 367 g/mol. The number of benzene rings is 2. The van der Waals surface area contributed by atoms with E-state index in [1.165, 1.54) is 0 Å². The molecule has 2 aromatic carbocycles. The van der Waals surface area contributed by atoms with Crippen LogP contribution in [0.3, 0.4) is 0 Å². The highest BCUT2D eigenvalue weighted by atomic mass is 16.5. The number of hydrogen-bond acceptors (Lipinski definition) is 5. The molecule has 4 aromatic rings. The van der Waals surface area contributed by atoms with E-state index in [0.29, 0.717) is 34.4 Å². The third kappa shape index (κ3) is 4.03. The zero-order valence-electron chi connectivity index (χ0n) is 16.4. The lowest BCUT2D eigenvalue weighted by Crippen LogP contribution is -2.07. The van der Waals surface area contributed by atoms with Crippen molar-refractivity contribution in [2.45, 2.75) is 34.6 Å². The minimum absolute atomic E-state index is 0.203. The van der Waals surface area contributed by atoms with Crippen LogP contribution in [0, 0.1) is 0 Å². The first-order chi connectivity index (χ1) is 13.3. The first kappa shape index (κ1) is 20.2. The molecule has 0 N–H and O–H groups in total. The Labute approximate surface area is 158 Å². The lowest BCUT2D eigenvalue weighted by Gasteiger charge is -2.09. The fourth-order valence-electron chi connectivity index (χ4n) is 2.58. The molecule has 5 nitrogen and oxygen atoms in total. The molecule has 142 valence electrons. The zero-order valence-corrected chi connectivity index (χ0v) is 16.4. The summed E-state index contributed by atoms with van der Waals surface area (Å²) in [5.41, 5.74) is 1.44. The molecule has 27 heavy (non-hydrogen) atoms. The topological polar surface area (TPSA) is 65.5 Å². The van der Waals surface area contributed by atoms with Gasteiger partial charge >= 0.3 is 5.63 Å². The van der Waals surface area contributed by atoms with Gasteiger partial charge in [0.1, 0.15) is 16.8 Å². The Hall–Kier alpha value is -3.08. The van der Waals surface area contributed by atoms with Crippen LogP contribution in [0.1, 0.15) is 34.6 Å². The van der Waals surface area contributed by atoms with Crippen LogP contribution in [0.2, 0.25) is 0 Å². The Morgan fingerprint density at radius 1 is 0.889 bits per heavy atom. The Bertz CT molecular complexity index is 1030. The van der Waals surface area contributed by atoms with Gasteiger partial charge in [0.2, 0.25) is 5.89 Å². The molecule has 0 spiro atoms. The smallest absolute Gasteiger partial charge is 0.352 e. The minimum Gasteiger partial charge on any atom is -0.492 e. The summed E-state index contributed by atoms with van der Waals surface area (Å²) in [4.78, 5) is 16.8. The van der Waals surface area contributed by atoms with E-state index < -0.39 is 5.63 Å². The van der Waals surface area contributed by atoms with Crippen LogP contribution in [-0.4, -0.2) is 11.6 Å². The standard InChI is InChI=1S/C18H13NO4.2C2H6/c1-2-21-16-11-7-3-5-9-13(11)23-18(20)15(16)17-19-12-8-4-6-10-14(12)22-17;2*1-2/h3-10H,2H2,1H3;2*1-2H3. The van der Waals surface area contributed by atoms with E-state index in [1.54, 1.807) is 18.2 Å². The first-order valence-corrected chi connectivity index (χ1v) is 9.32. The van der Waals surface area contributed by atoms with Crippen LogP contribution in [0.15, 0.2) is 62.2 Å². The van der Waals surface area contributed by atoms with Crippen molar-refractivity contribution in [2.24, 2.45) is 0 Å². The molecule has 0 radical (unpaired) electrons. The Kier molecular flexibility index (Phi) is 7.17. The van der Waals surface area contributed by atoms with Gasteiger partial charge in [-0.2, -0.15) is 0 Å². The van der Waals surface area contributed by atoms with Crippen molar-refractivity contribution in [3.63, 3.8) is 0 Å². The largest absolute Gasteiger partial charge is 0.492 e. The maximum Gasteiger partial charge on any atom is 0.352 e. The molecule has 2 aromatic heterocycles. The number of nitrogens with zero attached hydrogens (tertiary/aromatic N) is 1. The summed E-state index contributed by atoms with van der Waals surface area (Å²) in [5, 5.41) is 0.714. The molecule has 0 saturated carbocycles. The summed E-state index contributed by atoms with van der Waals surface area (Å²) < 4.78 is 16.8. The van der Waals surface area contributed by atoms with Crippen molar-refractivity contribution in [3.8, 4) is 17.2 Å². The van der Waals surface area contributed by atoms with E-state index in [4.69, 9.17) is 13.6 Å². The zero-order chi connectivity index (χ0) is 19.8. The molecule has 0 aliphatic heterocycles. The molecule has 0 saturated heterocycles. The van der Waals surface area contributed by atoms with Crippen LogP contribution < -0.4 is 10.4 Å². The summed E-state index contributed by atoms with van der Waals surface area (Å²) in [7, 11) is 0. The van der Waals surface area contributed by atoms with Gasteiger partial charge in [0.15, 0.2) is 11.1 Å². The first-order valence-electron chi connectivity index (χ1n) is 9.32. The second-order valence-corrected chi connectivity index (χ2v) is 5.01. The number of aromatic nitrogens is 1. The average molecular weight is 367 g/mol. The van der Waals surface area contributed by atoms with Gasteiger partial charge in [0.05, 0.1) is 12.0 Å². The predicted octanol–water partition coefficient (Wildman–Crippen LogP) is 6.05. The molecular weight excluding hydrogens is 342 g/mol. The van der Waals surface area contributed by atoms with Crippen molar-refractivity contribution >= 4 is 22.1 Å². The van der Waals surface area contributed by atoms with Crippen LogP contribution >= 0.6 is 0 Å². The lowest BCUT2D eigenvalue weighted by atomic mass is 10.1. The van der Waals surface area contributed by atoms with E-state index >= 15 is 0 Å². The molecule has 0 atom stereocenters. The Morgan fingerprint density at radius 2 is 1.52 bits per heavy atom. The van der Waals surface area contributed by atoms with Crippen molar-refractivity contribution in [1.29, 1.82) is 0 Å². The fourth-order valence-corrected chi connectivity index (χ4v) is 2.58. The summed E-state index contributed by atoms with van der Waals surface area (Å²) in [6.07, 6.45) is 0. The van der Waals surface area contributed by atoms with Crippen LogP contribution in [0.5, 0.6) is 5.75 Å². The second kappa shape index (κ2) is 9.57. The van der Waals surface area contributed by atoms with Gasteiger partial charge in [-0.25, -0.2) is 9.78 Å². The molecule has 4 rings (SSSR count). The van der Waals surface area contributed by atoms with Crippen molar-refractivity contribution in [1.82, 2.24) is 4.98 Å². The van der Waals surface area contributed by atoms with E-state index in [1.807, 2.05) is 65.0 Å². The van der Waals surface area contributed by atoms with Crippen molar-refractivity contribution in [2.75, 3.05) is 6.61 Å². The minimum atomic E-state index is -0.529. The maximum atomic E-state index is 12.5. The van der Waals surface area contributed by atoms with Gasteiger partial charge in [-0.05, 0) is 31.2 Å². The maximum absolute atomic E-state index is 12.5. The van der Waals surface area contributed by atoms with E-state index in [9.17, 15) is 4.79 Å². The highest BCUT2D eigenvalue weighted by Crippen LogP contribution is 2.35. The molecule has 5 heteroatoms. The SMILES string of the molecule is CC.CC.CCOc1c(-c2nc3ccccc3o2)c(=O)oc2ccccc12. The van der Waals surface area contributed by atoms with Crippen LogP contribution in [0.4, 0.5) is 0 Å². The number of oxazole rings is 1. The quantitative estimate of drug-likeness (QED) is 0.412.